The fourth-order valence-corrected chi connectivity index (χ4v) is 2.31. The smallest absolute Gasteiger partial charge is 0.258 e. The van der Waals surface area contributed by atoms with Gasteiger partial charge in [0.05, 0.1) is 12.0 Å². The lowest BCUT2D eigenvalue weighted by Crippen LogP contribution is -1.85. The molecule has 0 fully saturated rings. The Bertz CT molecular complexity index is 692. The molecule has 0 aliphatic carbocycles. The van der Waals surface area contributed by atoms with Crippen LogP contribution < -0.4 is 4.74 Å². The van der Waals surface area contributed by atoms with Gasteiger partial charge in [0, 0.05) is 5.56 Å². The lowest BCUT2D eigenvalue weighted by molar-refractivity contribution is 0.373. The Morgan fingerprint density at radius 1 is 1.32 bits per heavy atom. The molecule has 0 amide bonds. The third kappa shape index (κ3) is 2.17. The Hall–Kier alpha value is -2.34. The summed E-state index contributed by atoms with van der Waals surface area (Å²) in [5.74, 6) is 1.39. The van der Waals surface area contributed by atoms with Crippen molar-refractivity contribution in [3.8, 4) is 33.7 Å². The van der Waals surface area contributed by atoms with Gasteiger partial charge < -0.3 is 14.4 Å². The average Bonchev–Trinajstić information content (AvgIpc) is 3.10. The van der Waals surface area contributed by atoms with Gasteiger partial charge in [0.2, 0.25) is 5.82 Å². The van der Waals surface area contributed by atoms with Crippen LogP contribution in [-0.4, -0.2) is 22.4 Å². The second-order valence-corrected chi connectivity index (χ2v) is 4.73. The predicted octanol–water partition coefficient (Wildman–Crippen LogP) is 3.18. The highest BCUT2D eigenvalue weighted by atomic mass is 32.1. The van der Waals surface area contributed by atoms with E-state index in [-0.39, 0.29) is 5.75 Å². The quantitative estimate of drug-likeness (QED) is 0.794. The normalized spacial score (nSPS) is 10.6. The Kier molecular flexibility index (Phi) is 2.92. The number of methoxy groups -OCH3 is 1. The molecule has 0 saturated heterocycles. The fourth-order valence-electron chi connectivity index (χ4n) is 1.66. The highest BCUT2D eigenvalue weighted by Gasteiger charge is 2.13. The second kappa shape index (κ2) is 4.74. The zero-order chi connectivity index (χ0) is 13.2. The predicted molar refractivity (Wildman–Crippen MR) is 71.3 cm³/mol. The summed E-state index contributed by atoms with van der Waals surface area (Å²) in [7, 11) is 1.49. The van der Waals surface area contributed by atoms with E-state index < -0.39 is 0 Å². The molecule has 0 aliphatic heterocycles. The van der Waals surface area contributed by atoms with Crippen LogP contribution in [0.25, 0.3) is 22.2 Å². The van der Waals surface area contributed by atoms with E-state index in [4.69, 9.17) is 9.26 Å². The summed E-state index contributed by atoms with van der Waals surface area (Å²) >= 11 is 1.54. The van der Waals surface area contributed by atoms with Crippen molar-refractivity contribution in [1.82, 2.24) is 10.1 Å². The molecule has 5 nitrogen and oxygen atoms in total. The molecule has 0 unspecified atom stereocenters. The van der Waals surface area contributed by atoms with Gasteiger partial charge in [0.15, 0.2) is 11.5 Å². The minimum absolute atomic E-state index is 0.0734. The molecule has 0 atom stereocenters. The monoisotopic (exact) mass is 274 g/mol. The van der Waals surface area contributed by atoms with E-state index in [9.17, 15) is 5.11 Å². The molecular weight excluding hydrogens is 264 g/mol. The van der Waals surface area contributed by atoms with Crippen LogP contribution in [0.2, 0.25) is 0 Å². The maximum atomic E-state index is 9.55. The number of phenolic OH excluding ortho intramolecular Hbond substituents is 1. The Balaban J connectivity index is 1.99. The zero-order valence-electron chi connectivity index (χ0n) is 10.0. The van der Waals surface area contributed by atoms with Crippen molar-refractivity contribution in [3.05, 3.63) is 35.7 Å². The van der Waals surface area contributed by atoms with Crippen LogP contribution in [0.1, 0.15) is 0 Å². The van der Waals surface area contributed by atoms with Gasteiger partial charge in [-0.15, -0.1) is 11.3 Å². The van der Waals surface area contributed by atoms with Gasteiger partial charge in [0.25, 0.3) is 5.89 Å². The number of aromatic hydroxyl groups is 1. The number of hydrogen-bond donors (Lipinski definition) is 1. The first kappa shape index (κ1) is 11.7. The number of nitrogens with zero attached hydrogens (tertiary/aromatic N) is 2. The minimum atomic E-state index is 0.0734. The minimum Gasteiger partial charge on any atom is -0.504 e. The summed E-state index contributed by atoms with van der Waals surface area (Å²) in [5, 5.41) is 15.4. The zero-order valence-corrected chi connectivity index (χ0v) is 10.8. The molecule has 0 spiro atoms. The Morgan fingerprint density at radius 2 is 2.21 bits per heavy atom. The maximum absolute atomic E-state index is 9.55. The van der Waals surface area contributed by atoms with Crippen LogP contribution in [0, 0.1) is 0 Å². The summed E-state index contributed by atoms with van der Waals surface area (Å²) in [5.41, 5.74) is 0.699. The van der Waals surface area contributed by atoms with Crippen molar-refractivity contribution in [2.24, 2.45) is 0 Å². The summed E-state index contributed by atoms with van der Waals surface area (Å²) in [6, 6.07) is 8.74. The van der Waals surface area contributed by atoms with Gasteiger partial charge in [-0.3, -0.25) is 0 Å². The van der Waals surface area contributed by atoms with Crippen LogP contribution in [0.4, 0.5) is 0 Å². The standard InChI is InChI=1S/C13H10N2O3S/c1-17-10-7-8(4-5-9(10)16)13-14-12(15-18-13)11-3-2-6-19-11/h2-7,16H,1H3. The Morgan fingerprint density at radius 3 is 2.95 bits per heavy atom. The SMILES string of the molecule is COc1cc(-c2nc(-c3cccs3)no2)ccc1O. The number of thiophene rings is 1. The first-order valence-corrected chi connectivity index (χ1v) is 6.41. The van der Waals surface area contributed by atoms with Crippen molar-refractivity contribution >= 4 is 11.3 Å². The molecule has 0 aliphatic rings. The molecule has 2 aromatic heterocycles. The van der Waals surface area contributed by atoms with Crippen molar-refractivity contribution in [2.45, 2.75) is 0 Å². The molecule has 0 radical (unpaired) electrons. The van der Waals surface area contributed by atoms with Crippen LogP contribution >= 0.6 is 11.3 Å². The molecule has 1 N–H and O–H groups in total. The number of rotatable bonds is 3. The maximum Gasteiger partial charge on any atom is 0.258 e. The lowest BCUT2D eigenvalue weighted by Gasteiger charge is -2.03. The van der Waals surface area contributed by atoms with Crippen LogP contribution in [-0.2, 0) is 0 Å². The highest BCUT2D eigenvalue weighted by molar-refractivity contribution is 7.13. The van der Waals surface area contributed by atoms with E-state index in [1.54, 1.807) is 23.5 Å². The molecule has 0 bridgehead atoms. The van der Waals surface area contributed by atoms with Crippen molar-refractivity contribution < 1.29 is 14.4 Å². The number of hydrogen-bond acceptors (Lipinski definition) is 6. The van der Waals surface area contributed by atoms with E-state index in [2.05, 4.69) is 10.1 Å². The van der Waals surface area contributed by atoms with Gasteiger partial charge in [0.1, 0.15) is 0 Å². The highest BCUT2D eigenvalue weighted by Crippen LogP contribution is 2.32. The van der Waals surface area contributed by atoms with E-state index in [1.165, 1.54) is 13.2 Å². The van der Waals surface area contributed by atoms with Crippen molar-refractivity contribution in [1.29, 1.82) is 0 Å². The Labute approximate surface area is 113 Å². The third-order valence-electron chi connectivity index (χ3n) is 2.59. The topological polar surface area (TPSA) is 68.4 Å². The van der Waals surface area contributed by atoms with Crippen LogP contribution in [0.15, 0.2) is 40.2 Å². The molecule has 3 aromatic rings. The second-order valence-electron chi connectivity index (χ2n) is 3.79. The number of benzene rings is 1. The average molecular weight is 274 g/mol. The molecular formula is C13H10N2O3S. The number of phenols is 1. The molecule has 2 heterocycles. The van der Waals surface area contributed by atoms with Gasteiger partial charge in [-0.1, -0.05) is 11.2 Å². The molecule has 3 rings (SSSR count). The molecule has 96 valence electrons. The molecule has 1 aromatic carbocycles. The van der Waals surface area contributed by atoms with Crippen molar-refractivity contribution in [3.63, 3.8) is 0 Å². The van der Waals surface area contributed by atoms with Gasteiger partial charge in [-0.2, -0.15) is 4.98 Å². The van der Waals surface area contributed by atoms with Gasteiger partial charge in [-0.25, -0.2) is 0 Å². The molecule has 19 heavy (non-hydrogen) atoms. The van der Waals surface area contributed by atoms with Crippen molar-refractivity contribution in [2.75, 3.05) is 7.11 Å². The first-order valence-electron chi connectivity index (χ1n) is 5.53. The summed E-state index contributed by atoms with van der Waals surface area (Å²) < 4.78 is 10.3. The summed E-state index contributed by atoms with van der Waals surface area (Å²) in [6.07, 6.45) is 0. The number of ether oxygens (including phenoxy) is 1. The summed E-state index contributed by atoms with van der Waals surface area (Å²) in [4.78, 5) is 5.27. The van der Waals surface area contributed by atoms with E-state index in [0.717, 1.165) is 4.88 Å². The van der Waals surface area contributed by atoms with E-state index >= 15 is 0 Å². The summed E-state index contributed by atoms with van der Waals surface area (Å²) in [6.45, 7) is 0. The van der Waals surface area contributed by atoms with E-state index in [1.807, 2.05) is 17.5 Å². The number of aromatic nitrogens is 2. The third-order valence-corrected chi connectivity index (χ3v) is 3.46. The van der Waals surface area contributed by atoms with Crippen LogP contribution in [0.3, 0.4) is 0 Å². The molecule has 6 heteroatoms. The fraction of sp³-hybridized carbons (Fsp3) is 0.0769. The molecule has 0 saturated carbocycles. The van der Waals surface area contributed by atoms with Gasteiger partial charge >= 0.3 is 0 Å². The first-order chi connectivity index (χ1) is 9.28. The largest absolute Gasteiger partial charge is 0.504 e. The van der Waals surface area contributed by atoms with E-state index in [0.29, 0.717) is 23.0 Å². The van der Waals surface area contributed by atoms with Gasteiger partial charge in [-0.05, 0) is 29.6 Å². The lowest BCUT2D eigenvalue weighted by atomic mass is 10.2. The van der Waals surface area contributed by atoms with Crippen LogP contribution in [0.5, 0.6) is 11.5 Å².